The first-order valence-electron chi connectivity index (χ1n) is 7.91. The molecular weight excluding hydrogens is 300 g/mol. The van der Waals surface area contributed by atoms with Crippen molar-refractivity contribution in [2.24, 2.45) is 0 Å². The molecule has 0 spiro atoms. The molecule has 2 fully saturated rings. The smallest absolute Gasteiger partial charge is 0.252 e. The Labute approximate surface area is 134 Å². The van der Waals surface area contributed by atoms with Crippen LogP contribution in [0.2, 0.25) is 0 Å². The number of rotatable bonds is 3. The van der Waals surface area contributed by atoms with Crippen LogP contribution in [-0.2, 0) is 4.79 Å². The Bertz CT molecular complexity index is 608. The van der Waals surface area contributed by atoms with E-state index in [1.54, 1.807) is 29.2 Å². The third kappa shape index (κ3) is 3.44. The Morgan fingerprint density at radius 1 is 1.26 bits per heavy atom. The highest BCUT2D eigenvalue weighted by Crippen LogP contribution is 2.41. The molecule has 2 unspecified atom stereocenters. The van der Waals surface area contributed by atoms with Crippen molar-refractivity contribution in [2.45, 2.75) is 50.1 Å². The van der Waals surface area contributed by atoms with E-state index in [0.29, 0.717) is 18.4 Å². The number of halogens is 2. The fourth-order valence-corrected chi connectivity index (χ4v) is 3.68. The largest absolute Gasteiger partial charge is 0.376 e. The molecule has 2 aliphatic heterocycles. The zero-order chi connectivity index (χ0) is 16.4. The second-order valence-corrected chi connectivity index (χ2v) is 6.35. The minimum Gasteiger partial charge on any atom is -0.376 e. The summed E-state index contributed by atoms with van der Waals surface area (Å²) in [5.41, 5.74) is 1.29. The van der Waals surface area contributed by atoms with Gasteiger partial charge in [0, 0.05) is 30.6 Å². The lowest BCUT2D eigenvalue weighted by atomic mass is 9.82. The van der Waals surface area contributed by atoms with Crippen molar-refractivity contribution in [1.29, 1.82) is 5.26 Å². The van der Waals surface area contributed by atoms with Crippen LogP contribution in [0.4, 0.5) is 14.5 Å². The molecule has 0 aliphatic carbocycles. The van der Waals surface area contributed by atoms with Gasteiger partial charge < -0.3 is 10.2 Å². The predicted octanol–water partition coefficient (Wildman–Crippen LogP) is 3.15. The van der Waals surface area contributed by atoms with Crippen LogP contribution in [0.1, 0.15) is 37.7 Å². The van der Waals surface area contributed by atoms with E-state index in [9.17, 15) is 13.6 Å². The summed E-state index contributed by atoms with van der Waals surface area (Å²) in [5, 5.41) is 11.8. The Balaban J connectivity index is 1.62. The van der Waals surface area contributed by atoms with Gasteiger partial charge >= 0.3 is 0 Å². The maximum absolute atomic E-state index is 13.7. The molecule has 2 bridgehead atoms. The van der Waals surface area contributed by atoms with Gasteiger partial charge in [-0.05, 0) is 43.5 Å². The number of alkyl halides is 2. The van der Waals surface area contributed by atoms with Gasteiger partial charge in [-0.15, -0.1) is 0 Å². The molecule has 23 heavy (non-hydrogen) atoms. The molecule has 2 heterocycles. The molecule has 1 aromatic carbocycles. The van der Waals surface area contributed by atoms with E-state index in [-0.39, 0.29) is 37.4 Å². The number of hydrogen-bond donors (Lipinski definition) is 1. The lowest BCUT2D eigenvalue weighted by Gasteiger charge is -2.48. The standard InChI is InChI=1S/C17H19F2N3O/c18-17(19)8-14-2-1-3-15(9-17)22(14)16(23)11-21-13-6-4-12(10-20)5-7-13/h4-7,14-15,21H,1-3,8-9,11H2. The van der Waals surface area contributed by atoms with Gasteiger partial charge in [0.05, 0.1) is 18.2 Å². The average molecular weight is 319 g/mol. The maximum atomic E-state index is 13.7. The van der Waals surface area contributed by atoms with Crippen molar-refractivity contribution in [3.63, 3.8) is 0 Å². The molecule has 0 aromatic heterocycles. The summed E-state index contributed by atoms with van der Waals surface area (Å²) in [6.45, 7) is 0.0878. The monoisotopic (exact) mass is 319 g/mol. The van der Waals surface area contributed by atoms with E-state index in [1.165, 1.54) is 0 Å². The molecule has 6 heteroatoms. The Morgan fingerprint density at radius 3 is 2.43 bits per heavy atom. The predicted molar refractivity (Wildman–Crippen MR) is 82.1 cm³/mol. The van der Waals surface area contributed by atoms with Gasteiger partial charge in [0.25, 0.3) is 5.92 Å². The van der Waals surface area contributed by atoms with Gasteiger partial charge in [0.2, 0.25) is 5.91 Å². The maximum Gasteiger partial charge on any atom is 0.252 e. The van der Waals surface area contributed by atoms with Crippen LogP contribution in [0.15, 0.2) is 24.3 Å². The van der Waals surface area contributed by atoms with Gasteiger partial charge in [-0.2, -0.15) is 5.26 Å². The highest BCUT2D eigenvalue weighted by molar-refractivity contribution is 5.81. The topological polar surface area (TPSA) is 56.1 Å². The Morgan fingerprint density at radius 2 is 1.87 bits per heavy atom. The average Bonchev–Trinajstić information content (AvgIpc) is 2.51. The molecule has 3 rings (SSSR count). The van der Waals surface area contributed by atoms with Crippen LogP contribution >= 0.6 is 0 Å². The van der Waals surface area contributed by atoms with Crippen molar-refractivity contribution < 1.29 is 13.6 Å². The number of nitriles is 1. The van der Waals surface area contributed by atoms with E-state index in [4.69, 9.17) is 5.26 Å². The highest BCUT2D eigenvalue weighted by Gasteiger charge is 2.48. The molecule has 1 amide bonds. The van der Waals surface area contributed by atoms with Gasteiger partial charge in [0.15, 0.2) is 0 Å². The first-order chi connectivity index (χ1) is 11.0. The van der Waals surface area contributed by atoms with Crippen LogP contribution in [0, 0.1) is 11.3 Å². The van der Waals surface area contributed by atoms with Gasteiger partial charge in [-0.1, -0.05) is 0 Å². The van der Waals surface area contributed by atoms with Crippen molar-refractivity contribution in [2.75, 3.05) is 11.9 Å². The number of nitrogens with zero attached hydrogens (tertiary/aromatic N) is 2. The summed E-state index contributed by atoms with van der Waals surface area (Å²) >= 11 is 0. The van der Waals surface area contributed by atoms with Gasteiger partial charge in [0.1, 0.15) is 0 Å². The molecular formula is C17H19F2N3O. The minimum absolute atomic E-state index is 0.0878. The number of hydrogen-bond acceptors (Lipinski definition) is 3. The molecule has 1 N–H and O–H groups in total. The van der Waals surface area contributed by atoms with E-state index in [2.05, 4.69) is 5.32 Å². The van der Waals surface area contributed by atoms with Crippen molar-refractivity contribution in [3.05, 3.63) is 29.8 Å². The summed E-state index contributed by atoms with van der Waals surface area (Å²) in [7, 11) is 0. The van der Waals surface area contributed by atoms with Crippen LogP contribution in [0.5, 0.6) is 0 Å². The molecule has 2 atom stereocenters. The first kappa shape index (κ1) is 15.7. The number of piperidine rings is 2. The summed E-state index contributed by atoms with van der Waals surface area (Å²) < 4.78 is 27.4. The normalized spacial score (nSPS) is 25.5. The van der Waals surface area contributed by atoms with Crippen molar-refractivity contribution in [1.82, 2.24) is 4.90 Å². The first-order valence-corrected chi connectivity index (χ1v) is 7.91. The number of amides is 1. The number of carbonyl (C=O) groups is 1. The van der Waals surface area contributed by atoms with E-state index >= 15 is 0 Å². The molecule has 4 nitrogen and oxygen atoms in total. The van der Waals surface area contributed by atoms with Crippen LogP contribution < -0.4 is 5.32 Å². The Kier molecular flexibility index (Phi) is 4.20. The Hall–Kier alpha value is -2.16. The quantitative estimate of drug-likeness (QED) is 0.931. The van der Waals surface area contributed by atoms with Crippen molar-refractivity contribution >= 4 is 11.6 Å². The van der Waals surface area contributed by atoms with Crippen molar-refractivity contribution in [3.8, 4) is 6.07 Å². The number of anilines is 1. The second-order valence-electron chi connectivity index (χ2n) is 6.35. The lowest BCUT2D eigenvalue weighted by Crippen LogP contribution is -2.58. The van der Waals surface area contributed by atoms with Crippen LogP contribution in [0.3, 0.4) is 0 Å². The third-order valence-corrected chi connectivity index (χ3v) is 4.68. The fraction of sp³-hybridized carbons (Fsp3) is 0.529. The number of fused-ring (bicyclic) bond motifs is 2. The summed E-state index contributed by atoms with van der Waals surface area (Å²) in [6, 6.07) is 8.16. The van der Waals surface area contributed by atoms with E-state index in [0.717, 1.165) is 12.1 Å². The fourth-order valence-electron chi connectivity index (χ4n) is 3.68. The highest BCUT2D eigenvalue weighted by atomic mass is 19.3. The number of benzene rings is 1. The van der Waals surface area contributed by atoms with E-state index in [1.807, 2.05) is 6.07 Å². The van der Waals surface area contributed by atoms with Crippen LogP contribution in [-0.4, -0.2) is 35.4 Å². The number of nitrogens with one attached hydrogen (secondary N) is 1. The van der Waals surface area contributed by atoms with E-state index < -0.39 is 5.92 Å². The molecule has 0 radical (unpaired) electrons. The van der Waals surface area contributed by atoms with Gasteiger partial charge in [-0.25, -0.2) is 8.78 Å². The minimum atomic E-state index is -2.65. The molecule has 0 saturated carbocycles. The molecule has 2 saturated heterocycles. The third-order valence-electron chi connectivity index (χ3n) is 4.68. The molecule has 122 valence electrons. The summed E-state index contributed by atoms with van der Waals surface area (Å²) in [4.78, 5) is 14.2. The molecule has 1 aromatic rings. The lowest BCUT2D eigenvalue weighted by molar-refractivity contribution is -0.154. The van der Waals surface area contributed by atoms with Crippen LogP contribution in [0.25, 0.3) is 0 Å². The van der Waals surface area contributed by atoms with Gasteiger partial charge in [-0.3, -0.25) is 4.79 Å². The zero-order valence-corrected chi connectivity index (χ0v) is 12.8. The SMILES string of the molecule is N#Cc1ccc(NCC(=O)N2C3CCCC2CC(F)(F)C3)cc1. The summed E-state index contributed by atoms with van der Waals surface area (Å²) in [5.74, 6) is -2.77. The molecule has 2 aliphatic rings. The number of carbonyl (C=O) groups excluding carboxylic acids is 1. The zero-order valence-electron chi connectivity index (χ0n) is 12.8. The summed E-state index contributed by atoms with van der Waals surface area (Å²) in [6.07, 6.45) is 1.81. The second kappa shape index (κ2) is 6.15.